The molecule has 1 fully saturated rings. The fraction of sp³-hybridized carbons (Fsp3) is 0.273. The predicted octanol–water partition coefficient (Wildman–Crippen LogP) is 1.58. The number of thioether (sulfide) groups is 1. The zero-order valence-corrected chi connectivity index (χ0v) is 10.1. The Labute approximate surface area is 103 Å². The number of carbonyl (C=O) groups excluding carboxylic acids is 1. The Balaban J connectivity index is 2.05. The third-order valence-electron chi connectivity index (χ3n) is 2.38. The number of benzene rings is 1. The largest absolute Gasteiger partial charge is 0.387 e. The first-order chi connectivity index (χ1) is 7.68. The topological polar surface area (TPSA) is 40.5 Å². The van der Waals surface area contributed by atoms with Crippen molar-refractivity contribution < 1.29 is 9.90 Å². The summed E-state index contributed by atoms with van der Waals surface area (Å²) >= 11 is 6.39. The van der Waals surface area contributed by atoms with Gasteiger partial charge in [0.15, 0.2) is 0 Å². The van der Waals surface area contributed by atoms with Gasteiger partial charge in [-0.3, -0.25) is 9.69 Å². The van der Waals surface area contributed by atoms with Gasteiger partial charge >= 0.3 is 0 Å². The van der Waals surface area contributed by atoms with Crippen molar-refractivity contribution in [3.05, 3.63) is 35.9 Å². The highest BCUT2D eigenvalue weighted by molar-refractivity contribution is 8.23. The van der Waals surface area contributed by atoms with E-state index in [9.17, 15) is 9.90 Å². The highest BCUT2D eigenvalue weighted by atomic mass is 32.2. The van der Waals surface area contributed by atoms with Crippen molar-refractivity contribution in [1.29, 1.82) is 0 Å². The second-order valence-electron chi connectivity index (χ2n) is 3.49. The fourth-order valence-electron chi connectivity index (χ4n) is 1.51. The van der Waals surface area contributed by atoms with Crippen molar-refractivity contribution >= 4 is 34.2 Å². The lowest BCUT2D eigenvalue weighted by Gasteiger charge is -2.19. The molecule has 0 spiro atoms. The molecule has 0 radical (unpaired) electrons. The van der Waals surface area contributed by atoms with Gasteiger partial charge in [0, 0.05) is 0 Å². The maximum absolute atomic E-state index is 11.5. The van der Waals surface area contributed by atoms with Gasteiger partial charge in [0.25, 0.3) is 0 Å². The summed E-state index contributed by atoms with van der Waals surface area (Å²) in [6.07, 6.45) is -0.679. The maximum Gasteiger partial charge on any atom is 0.238 e. The van der Waals surface area contributed by atoms with Crippen LogP contribution in [0.3, 0.4) is 0 Å². The van der Waals surface area contributed by atoms with E-state index < -0.39 is 6.10 Å². The molecule has 0 unspecified atom stereocenters. The number of thiocarbonyl (C=S) groups is 1. The minimum Gasteiger partial charge on any atom is -0.387 e. The van der Waals surface area contributed by atoms with Gasteiger partial charge in [0.05, 0.1) is 18.4 Å². The Morgan fingerprint density at radius 3 is 2.69 bits per heavy atom. The van der Waals surface area contributed by atoms with Gasteiger partial charge in [-0.15, -0.1) is 0 Å². The Hall–Kier alpha value is -0.910. The van der Waals surface area contributed by atoms with E-state index in [1.54, 1.807) is 0 Å². The molecule has 3 nitrogen and oxygen atoms in total. The molecule has 1 amide bonds. The highest BCUT2D eigenvalue weighted by Crippen LogP contribution is 2.23. The van der Waals surface area contributed by atoms with E-state index in [1.165, 1.54) is 16.7 Å². The number of β-amino-alcohol motifs (C(OH)–C–C–N with tert-alkyl or cyclic N) is 1. The Kier molecular flexibility index (Phi) is 3.58. The predicted molar refractivity (Wildman–Crippen MR) is 68.2 cm³/mol. The quantitative estimate of drug-likeness (QED) is 0.830. The molecule has 16 heavy (non-hydrogen) atoms. The fourth-order valence-corrected chi connectivity index (χ4v) is 2.60. The lowest BCUT2D eigenvalue weighted by atomic mass is 10.1. The van der Waals surface area contributed by atoms with Crippen molar-refractivity contribution in [2.75, 3.05) is 12.3 Å². The van der Waals surface area contributed by atoms with E-state index in [4.69, 9.17) is 12.2 Å². The first-order valence-corrected chi connectivity index (χ1v) is 6.28. The smallest absolute Gasteiger partial charge is 0.238 e. The van der Waals surface area contributed by atoms with Gasteiger partial charge in [-0.2, -0.15) is 0 Å². The maximum atomic E-state index is 11.5. The molecule has 1 saturated heterocycles. The molecule has 5 heteroatoms. The van der Waals surface area contributed by atoms with Gasteiger partial charge in [0.1, 0.15) is 4.32 Å². The summed E-state index contributed by atoms with van der Waals surface area (Å²) in [6, 6.07) is 9.27. The van der Waals surface area contributed by atoms with Crippen LogP contribution in [0.1, 0.15) is 11.7 Å². The Bertz CT molecular complexity index is 392. The number of hydrogen-bond donors (Lipinski definition) is 1. The molecular weight excluding hydrogens is 242 g/mol. The molecule has 0 saturated carbocycles. The molecule has 2 rings (SSSR count). The van der Waals surface area contributed by atoms with E-state index in [1.807, 2.05) is 30.3 Å². The van der Waals surface area contributed by atoms with Gasteiger partial charge in [-0.05, 0) is 5.56 Å². The van der Waals surface area contributed by atoms with Crippen LogP contribution in [-0.2, 0) is 4.79 Å². The van der Waals surface area contributed by atoms with Crippen LogP contribution in [-0.4, -0.2) is 32.5 Å². The summed E-state index contributed by atoms with van der Waals surface area (Å²) in [4.78, 5) is 12.9. The lowest BCUT2D eigenvalue weighted by molar-refractivity contribution is -0.125. The number of hydrogen-bond acceptors (Lipinski definition) is 4. The molecule has 1 aliphatic heterocycles. The van der Waals surface area contributed by atoms with Gasteiger partial charge in [-0.25, -0.2) is 0 Å². The summed E-state index contributed by atoms with van der Waals surface area (Å²) in [5.41, 5.74) is 0.801. The summed E-state index contributed by atoms with van der Waals surface area (Å²) < 4.78 is 0.556. The van der Waals surface area contributed by atoms with E-state index in [0.29, 0.717) is 10.1 Å². The van der Waals surface area contributed by atoms with Gasteiger partial charge in [0.2, 0.25) is 5.91 Å². The Morgan fingerprint density at radius 2 is 2.12 bits per heavy atom. The van der Waals surface area contributed by atoms with Crippen LogP contribution in [0.25, 0.3) is 0 Å². The monoisotopic (exact) mass is 253 g/mol. The molecule has 1 aromatic carbocycles. The van der Waals surface area contributed by atoms with Crippen molar-refractivity contribution in [3.63, 3.8) is 0 Å². The van der Waals surface area contributed by atoms with Crippen LogP contribution >= 0.6 is 24.0 Å². The number of carbonyl (C=O) groups is 1. The third-order valence-corrected chi connectivity index (χ3v) is 3.81. The van der Waals surface area contributed by atoms with Gasteiger partial charge in [-0.1, -0.05) is 54.3 Å². The molecule has 84 valence electrons. The zero-order chi connectivity index (χ0) is 11.5. The van der Waals surface area contributed by atoms with Crippen LogP contribution in [0, 0.1) is 0 Å². The van der Waals surface area contributed by atoms with Crippen LogP contribution in [0.2, 0.25) is 0 Å². The van der Waals surface area contributed by atoms with Crippen molar-refractivity contribution in [2.24, 2.45) is 0 Å². The van der Waals surface area contributed by atoms with Crippen LogP contribution in [0.4, 0.5) is 0 Å². The molecule has 1 aromatic rings. The number of aliphatic hydroxyl groups excluding tert-OH is 1. The minimum atomic E-state index is -0.679. The number of nitrogens with zero attached hydrogens (tertiary/aromatic N) is 1. The second kappa shape index (κ2) is 4.95. The standard InChI is InChI=1S/C11H11NO2S2/c13-9(8-4-2-1-3-5-8)6-12-10(14)7-16-11(12)15/h1-5,9,13H,6-7H2/t9-/m0/s1. The average Bonchev–Trinajstić information content (AvgIpc) is 2.62. The number of aliphatic hydroxyl groups is 1. The SMILES string of the molecule is O=C1CSC(=S)N1C[C@H](O)c1ccccc1. The normalized spacial score (nSPS) is 17.9. The van der Waals surface area contributed by atoms with Crippen LogP contribution < -0.4 is 0 Å². The minimum absolute atomic E-state index is 0.0232. The lowest BCUT2D eigenvalue weighted by Crippen LogP contribution is -2.32. The molecule has 0 aromatic heterocycles. The van der Waals surface area contributed by atoms with E-state index in [2.05, 4.69) is 0 Å². The molecule has 0 aliphatic carbocycles. The molecule has 1 aliphatic rings. The average molecular weight is 253 g/mol. The van der Waals surface area contributed by atoms with Crippen LogP contribution in [0.15, 0.2) is 30.3 Å². The third kappa shape index (κ3) is 2.42. The van der Waals surface area contributed by atoms with Crippen molar-refractivity contribution in [2.45, 2.75) is 6.10 Å². The molecule has 1 atom stereocenters. The van der Waals surface area contributed by atoms with Gasteiger partial charge < -0.3 is 5.11 Å². The van der Waals surface area contributed by atoms with E-state index in [-0.39, 0.29) is 12.5 Å². The summed E-state index contributed by atoms with van der Waals surface area (Å²) in [6.45, 7) is 0.245. The summed E-state index contributed by atoms with van der Waals surface area (Å²) in [5, 5.41) is 9.95. The molecule has 1 heterocycles. The van der Waals surface area contributed by atoms with Crippen LogP contribution in [0.5, 0.6) is 0 Å². The highest BCUT2D eigenvalue weighted by Gasteiger charge is 2.28. The number of rotatable bonds is 3. The summed E-state index contributed by atoms with van der Waals surface area (Å²) in [5.74, 6) is 0.366. The van der Waals surface area contributed by atoms with E-state index >= 15 is 0 Å². The molecular formula is C11H11NO2S2. The van der Waals surface area contributed by atoms with E-state index in [0.717, 1.165) is 5.56 Å². The second-order valence-corrected chi connectivity index (χ2v) is 5.09. The first-order valence-electron chi connectivity index (χ1n) is 4.88. The summed E-state index contributed by atoms with van der Waals surface area (Å²) in [7, 11) is 0. The zero-order valence-electron chi connectivity index (χ0n) is 8.50. The first kappa shape index (κ1) is 11.6. The van der Waals surface area contributed by atoms with Crippen molar-refractivity contribution in [1.82, 2.24) is 4.90 Å². The molecule has 1 N–H and O–H groups in total. The van der Waals surface area contributed by atoms with Crippen molar-refractivity contribution in [3.8, 4) is 0 Å². The molecule has 0 bridgehead atoms. The Morgan fingerprint density at radius 1 is 1.44 bits per heavy atom. The number of amides is 1.